The number of azide groups is 1. The predicted octanol–water partition coefficient (Wildman–Crippen LogP) is 4.65. The van der Waals surface area contributed by atoms with Crippen molar-refractivity contribution < 1.29 is 4.52 Å². The van der Waals surface area contributed by atoms with Crippen molar-refractivity contribution in [2.75, 3.05) is 0 Å². The largest absolute Gasteiger partial charge is 0.334 e. The molecule has 0 spiro atoms. The molecule has 3 aromatic rings. The molecule has 2 aromatic carbocycles. The Morgan fingerprint density at radius 1 is 1.10 bits per heavy atom. The molecule has 0 aliphatic carbocycles. The highest BCUT2D eigenvalue weighted by molar-refractivity contribution is 5.61. The quantitative estimate of drug-likeness (QED) is 0.396. The smallest absolute Gasteiger partial charge is 0.258 e. The van der Waals surface area contributed by atoms with Crippen molar-refractivity contribution in [1.82, 2.24) is 10.1 Å². The lowest BCUT2D eigenvalue weighted by molar-refractivity contribution is 0.432. The summed E-state index contributed by atoms with van der Waals surface area (Å²) < 4.78 is 5.28. The minimum Gasteiger partial charge on any atom is -0.334 e. The van der Waals surface area contributed by atoms with Crippen molar-refractivity contribution in [2.24, 2.45) is 5.11 Å². The van der Waals surface area contributed by atoms with Gasteiger partial charge in [0.2, 0.25) is 5.82 Å². The topological polar surface area (TPSA) is 87.7 Å². The lowest BCUT2D eigenvalue weighted by atomic mass is 10.1. The van der Waals surface area contributed by atoms with Crippen molar-refractivity contribution in [2.45, 2.75) is 6.92 Å². The summed E-state index contributed by atoms with van der Waals surface area (Å²) in [4.78, 5) is 7.12. The van der Waals surface area contributed by atoms with E-state index in [0.29, 0.717) is 17.4 Å². The fourth-order valence-corrected chi connectivity index (χ4v) is 1.96. The number of benzene rings is 2. The minimum atomic E-state index is 0.430. The van der Waals surface area contributed by atoms with Gasteiger partial charge in [0.15, 0.2) is 0 Å². The van der Waals surface area contributed by atoms with E-state index >= 15 is 0 Å². The van der Waals surface area contributed by atoms with Gasteiger partial charge in [0.05, 0.1) is 0 Å². The maximum atomic E-state index is 8.38. The molecule has 6 heteroatoms. The fraction of sp³-hybridized carbons (Fsp3) is 0.0667. The molecule has 3 rings (SSSR count). The average Bonchev–Trinajstić information content (AvgIpc) is 2.98. The summed E-state index contributed by atoms with van der Waals surface area (Å²) in [6.45, 7) is 2.01. The number of hydrogen-bond donors (Lipinski definition) is 0. The van der Waals surface area contributed by atoms with Crippen LogP contribution in [0.1, 0.15) is 5.56 Å². The Kier molecular flexibility index (Phi) is 3.37. The molecule has 1 aromatic heterocycles. The number of hydrogen-bond acceptors (Lipinski definition) is 4. The van der Waals surface area contributed by atoms with Crippen molar-refractivity contribution >= 4 is 5.69 Å². The highest BCUT2D eigenvalue weighted by atomic mass is 16.5. The normalized spacial score (nSPS) is 10.1. The van der Waals surface area contributed by atoms with Crippen LogP contribution in [0, 0.1) is 6.92 Å². The summed E-state index contributed by atoms with van der Waals surface area (Å²) in [6, 6.07) is 14.9. The summed E-state index contributed by atoms with van der Waals surface area (Å²) in [6.07, 6.45) is 0. The highest BCUT2D eigenvalue weighted by Crippen LogP contribution is 2.24. The molecule has 0 saturated heterocycles. The van der Waals surface area contributed by atoms with Gasteiger partial charge >= 0.3 is 0 Å². The standard InChI is InChI=1S/C15H11N5O/c1-10-3-2-4-12(9-10)14-17-15(21-19-14)11-5-7-13(8-6-11)18-20-16/h2-9H,1H3. The van der Waals surface area contributed by atoms with Crippen LogP contribution in [0.15, 0.2) is 58.2 Å². The molecular weight excluding hydrogens is 266 g/mol. The zero-order valence-electron chi connectivity index (χ0n) is 11.3. The fourth-order valence-electron chi connectivity index (χ4n) is 1.96. The van der Waals surface area contributed by atoms with E-state index in [2.05, 4.69) is 20.2 Å². The molecule has 0 N–H and O–H groups in total. The summed E-state index contributed by atoms with van der Waals surface area (Å²) >= 11 is 0. The van der Waals surface area contributed by atoms with Crippen molar-refractivity contribution in [1.29, 1.82) is 0 Å². The zero-order valence-corrected chi connectivity index (χ0v) is 11.3. The molecule has 1 heterocycles. The first-order valence-electron chi connectivity index (χ1n) is 6.32. The van der Waals surface area contributed by atoms with Gasteiger partial charge in [-0.1, -0.05) is 46.2 Å². The molecule has 0 aliphatic heterocycles. The van der Waals surface area contributed by atoms with Gasteiger partial charge < -0.3 is 4.52 Å². The molecule has 6 nitrogen and oxygen atoms in total. The molecule has 0 saturated carbocycles. The van der Waals surface area contributed by atoms with Gasteiger partial charge in [0.25, 0.3) is 5.89 Å². The van der Waals surface area contributed by atoms with Crippen molar-refractivity contribution in [3.05, 3.63) is 64.5 Å². The highest BCUT2D eigenvalue weighted by Gasteiger charge is 2.10. The van der Waals surface area contributed by atoms with Crippen LogP contribution in [0.2, 0.25) is 0 Å². The Morgan fingerprint density at radius 3 is 2.62 bits per heavy atom. The summed E-state index contributed by atoms with van der Waals surface area (Å²) in [5.74, 6) is 0.979. The van der Waals surface area contributed by atoms with Gasteiger partial charge in [-0.25, -0.2) is 0 Å². The zero-order chi connectivity index (χ0) is 14.7. The monoisotopic (exact) mass is 277 g/mol. The van der Waals surface area contributed by atoms with E-state index in [1.807, 2.05) is 31.2 Å². The predicted molar refractivity (Wildman–Crippen MR) is 78.7 cm³/mol. The van der Waals surface area contributed by atoms with Crippen molar-refractivity contribution in [3.8, 4) is 22.8 Å². The molecule has 0 radical (unpaired) electrons. The van der Waals surface area contributed by atoms with Gasteiger partial charge in [-0.2, -0.15) is 4.98 Å². The lowest BCUT2D eigenvalue weighted by Gasteiger charge is -1.96. The minimum absolute atomic E-state index is 0.430. The van der Waals surface area contributed by atoms with Crippen LogP contribution in [-0.4, -0.2) is 10.1 Å². The second-order valence-corrected chi connectivity index (χ2v) is 4.53. The van der Waals surface area contributed by atoms with Gasteiger partial charge in [-0.15, -0.1) is 0 Å². The Balaban J connectivity index is 1.92. The first kappa shape index (κ1) is 12.9. The Morgan fingerprint density at radius 2 is 1.90 bits per heavy atom. The van der Waals surface area contributed by atoms with Gasteiger partial charge in [-0.3, -0.25) is 0 Å². The van der Waals surface area contributed by atoms with Crippen molar-refractivity contribution in [3.63, 3.8) is 0 Å². The van der Waals surface area contributed by atoms with Crippen LogP contribution in [0.5, 0.6) is 0 Å². The number of aryl methyl sites for hydroxylation is 1. The van der Waals surface area contributed by atoms with E-state index in [1.165, 1.54) is 0 Å². The first-order valence-corrected chi connectivity index (χ1v) is 6.32. The molecule has 0 aliphatic rings. The number of rotatable bonds is 3. The molecule has 0 atom stereocenters. The summed E-state index contributed by atoms with van der Waals surface area (Å²) in [5, 5.41) is 7.51. The van der Waals surface area contributed by atoms with E-state index < -0.39 is 0 Å². The molecule has 21 heavy (non-hydrogen) atoms. The van der Waals surface area contributed by atoms with Crippen LogP contribution in [0.3, 0.4) is 0 Å². The number of nitrogens with zero attached hydrogens (tertiary/aromatic N) is 5. The third-order valence-electron chi connectivity index (χ3n) is 2.98. The van der Waals surface area contributed by atoms with E-state index in [-0.39, 0.29) is 0 Å². The lowest BCUT2D eigenvalue weighted by Crippen LogP contribution is -1.82. The Bertz CT molecular complexity index is 816. The SMILES string of the molecule is Cc1cccc(-c2noc(-c3ccc(N=[N+]=[N-])cc3)n2)c1. The number of aromatic nitrogens is 2. The van der Waals surface area contributed by atoms with Gasteiger partial charge in [-0.05, 0) is 30.7 Å². The molecule has 102 valence electrons. The molecular formula is C15H11N5O. The average molecular weight is 277 g/mol. The summed E-state index contributed by atoms with van der Waals surface area (Å²) in [7, 11) is 0. The van der Waals surface area contributed by atoms with E-state index in [0.717, 1.165) is 16.7 Å². The van der Waals surface area contributed by atoms with Gasteiger partial charge in [0.1, 0.15) is 0 Å². The third-order valence-corrected chi connectivity index (χ3v) is 2.98. The van der Waals surface area contributed by atoms with Crippen LogP contribution in [0.25, 0.3) is 33.3 Å². The first-order chi connectivity index (χ1) is 10.3. The second-order valence-electron chi connectivity index (χ2n) is 4.53. The molecule has 0 unspecified atom stereocenters. The maximum Gasteiger partial charge on any atom is 0.258 e. The van der Waals surface area contributed by atoms with Crippen LogP contribution >= 0.6 is 0 Å². The van der Waals surface area contributed by atoms with E-state index in [1.54, 1.807) is 24.3 Å². The molecule has 0 fully saturated rings. The second kappa shape index (κ2) is 5.48. The Labute approximate surface area is 120 Å². The van der Waals surface area contributed by atoms with E-state index in [9.17, 15) is 0 Å². The summed E-state index contributed by atoms with van der Waals surface area (Å²) in [5.41, 5.74) is 11.7. The van der Waals surface area contributed by atoms with Crippen LogP contribution in [0.4, 0.5) is 5.69 Å². The molecule has 0 amide bonds. The van der Waals surface area contributed by atoms with Crippen LogP contribution < -0.4 is 0 Å². The maximum absolute atomic E-state index is 8.38. The third kappa shape index (κ3) is 2.75. The van der Waals surface area contributed by atoms with E-state index in [4.69, 9.17) is 10.1 Å². The van der Waals surface area contributed by atoms with Gasteiger partial charge in [0, 0.05) is 21.7 Å². The Hall–Kier alpha value is -3.11. The van der Waals surface area contributed by atoms with Crippen LogP contribution in [-0.2, 0) is 0 Å². The molecule has 0 bridgehead atoms.